The summed E-state index contributed by atoms with van der Waals surface area (Å²) >= 11 is 0. The van der Waals surface area contributed by atoms with Gasteiger partial charge in [0, 0.05) is 12.4 Å². The maximum absolute atomic E-state index is 5.01. The van der Waals surface area contributed by atoms with Crippen molar-refractivity contribution in [3.05, 3.63) is 49.1 Å². The molecule has 0 spiro atoms. The van der Waals surface area contributed by atoms with E-state index in [1.165, 1.54) is 6.39 Å². The molecule has 0 amide bonds. The molecular weight excluding hydrogens is 178 g/mol. The number of nitrogens with one attached hydrogen (secondary N) is 1. The zero-order valence-electron chi connectivity index (χ0n) is 7.42. The van der Waals surface area contributed by atoms with E-state index in [0.717, 1.165) is 11.1 Å². The number of hydrogen-bond acceptors (Lipinski definition) is 3. The summed E-state index contributed by atoms with van der Waals surface area (Å²) in [5, 5.41) is 6.21. The molecule has 0 unspecified atom stereocenters. The van der Waals surface area contributed by atoms with Gasteiger partial charge in [-0.15, -0.1) is 0 Å². The molecule has 4 heteroatoms. The largest absolute Gasteiger partial charge is 0.443 e. The second-order valence-electron chi connectivity index (χ2n) is 2.59. The first-order chi connectivity index (χ1) is 6.97. The number of fused-ring (bicyclic) bond motifs is 1. The Bertz CT molecular complexity index is 425. The number of H-pyrrole nitrogens is 1. The highest BCUT2D eigenvalue weighted by Gasteiger charge is 1.91. The number of oxazole rings is 1. The van der Waals surface area contributed by atoms with Crippen molar-refractivity contribution in [2.75, 3.05) is 0 Å². The van der Waals surface area contributed by atoms with Crippen molar-refractivity contribution >= 4 is 11.1 Å². The molecule has 0 aliphatic carbocycles. The minimum absolute atomic E-state index is 0.845. The molecular formula is C10H9N3O. The lowest BCUT2D eigenvalue weighted by Crippen LogP contribution is -1.61. The lowest BCUT2D eigenvalue weighted by Gasteiger charge is -1.79. The first kappa shape index (κ1) is 8.50. The first-order valence-corrected chi connectivity index (χ1v) is 4.19. The Hall–Kier alpha value is -2.10. The summed E-state index contributed by atoms with van der Waals surface area (Å²) in [5.41, 5.74) is 1.76. The maximum atomic E-state index is 5.01. The van der Waals surface area contributed by atoms with Crippen LogP contribution in [0.15, 0.2) is 53.5 Å². The van der Waals surface area contributed by atoms with Crippen LogP contribution in [0.3, 0.4) is 0 Å². The van der Waals surface area contributed by atoms with Crippen LogP contribution < -0.4 is 0 Å². The third-order valence-corrected chi connectivity index (χ3v) is 1.64. The van der Waals surface area contributed by atoms with E-state index >= 15 is 0 Å². The minimum atomic E-state index is 0.845. The highest BCUT2D eigenvalue weighted by molar-refractivity contribution is 5.71. The Morgan fingerprint density at radius 1 is 1.14 bits per heavy atom. The van der Waals surface area contributed by atoms with Gasteiger partial charge in [0.1, 0.15) is 5.52 Å². The zero-order chi connectivity index (χ0) is 9.64. The second-order valence-corrected chi connectivity index (χ2v) is 2.59. The van der Waals surface area contributed by atoms with Crippen LogP contribution in [0.5, 0.6) is 0 Å². The molecule has 0 aliphatic rings. The fourth-order valence-corrected chi connectivity index (χ4v) is 1.02. The molecule has 4 nitrogen and oxygen atoms in total. The molecule has 1 N–H and O–H groups in total. The Labute approximate surface area is 80.6 Å². The fraction of sp³-hybridized carbons (Fsp3) is 0. The molecule has 0 saturated heterocycles. The van der Waals surface area contributed by atoms with Crippen molar-refractivity contribution in [3.63, 3.8) is 0 Å². The number of aromatic amines is 1. The number of benzene rings is 1. The quantitative estimate of drug-likeness (QED) is 0.587. The molecule has 0 aliphatic heterocycles. The highest BCUT2D eigenvalue weighted by Crippen LogP contribution is 2.09. The zero-order valence-corrected chi connectivity index (χ0v) is 7.42. The summed E-state index contributed by atoms with van der Waals surface area (Å²) in [6.45, 7) is 0. The van der Waals surface area contributed by atoms with Crippen LogP contribution in [0.25, 0.3) is 11.1 Å². The molecule has 14 heavy (non-hydrogen) atoms. The van der Waals surface area contributed by atoms with Crippen LogP contribution in [0.4, 0.5) is 0 Å². The molecule has 0 saturated carbocycles. The SMILES string of the molecule is c1ccc2ocnc2c1.c1cn[nH]c1. The van der Waals surface area contributed by atoms with Gasteiger partial charge in [-0.3, -0.25) is 5.10 Å². The van der Waals surface area contributed by atoms with E-state index < -0.39 is 0 Å². The Morgan fingerprint density at radius 2 is 2.07 bits per heavy atom. The highest BCUT2D eigenvalue weighted by atomic mass is 16.3. The average molecular weight is 187 g/mol. The number of rotatable bonds is 0. The third kappa shape index (κ3) is 1.98. The Morgan fingerprint density at radius 3 is 2.71 bits per heavy atom. The van der Waals surface area contributed by atoms with Gasteiger partial charge in [-0.05, 0) is 18.2 Å². The average Bonchev–Trinajstić information content (AvgIpc) is 2.92. The molecule has 2 heterocycles. The predicted octanol–water partition coefficient (Wildman–Crippen LogP) is 2.24. The molecule has 3 aromatic rings. The Kier molecular flexibility index (Phi) is 2.56. The molecule has 0 fully saturated rings. The van der Waals surface area contributed by atoms with Crippen LogP contribution in [0.2, 0.25) is 0 Å². The van der Waals surface area contributed by atoms with Gasteiger partial charge in [-0.25, -0.2) is 4.98 Å². The number of nitrogens with zero attached hydrogens (tertiary/aromatic N) is 2. The standard InChI is InChI=1S/C7H5NO.C3H4N2/c1-2-4-7-6(3-1)8-5-9-7;1-2-4-5-3-1/h1-5H;1-3H,(H,4,5). The monoisotopic (exact) mass is 187 g/mol. The summed E-state index contributed by atoms with van der Waals surface area (Å²) in [6.07, 6.45) is 4.91. The lowest BCUT2D eigenvalue weighted by molar-refractivity contribution is 0.602. The summed E-state index contributed by atoms with van der Waals surface area (Å²) in [5.74, 6) is 0. The van der Waals surface area contributed by atoms with Crippen molar-refractivity contribution in [1.82, 2.24) is 15.2 Å². The van der Waals surface area contributed by atoms with Gasteiger partial charge < -0.3 is 4.42 Å². The first-order valence-electron chi connectivity index (χ1n) is 4.19. The van der Waals surface area contributed by atoms with Crippen molar-refractivity contribution < 1.29 is 4.42 Å². The van der Waals surface area contributed by atoms with Crippen LogP contribution in [0.1, 0.15) is 0 Å². The van der Waals surface area contributed by atoms with E-state index in [-0.39, 0.29) is 0 Å². The number of para-hydroxylation sites is 2. The van der Waals surface area contributed by atoms with Crippen LogP contribution in [0, 0.1) is 0 Å². The van der Waals surface area contributed by atoms with Gasteiger partial charge in [0.05, 0.1) is 0 Å². The van der Waals surface area contributed by atoms with Crippen LogP contribution >= 0.6 is 0 Å². The predicted molar refractivity (Wildman–Crippen MR) is 52.6 cm³/mol. The molecule has 3 rings (SSSR count). The minimum Gasteiger partial charge on any atom is -0.443 e. The van der Waals surface area contributed by atoms with E-state index in [1.807, 2.05) is 30.3 Å². The van der Waals surface area contributed by atoms with Crippen LogP contribution in [-0.4, -0.2) is 15.2 Å². The third-order valence-electron chi connectivity index (χ3n) is 1.64. The summed E-state index contributed by atoms with van der Waals surface area (Å²) in [7, 11) is 0. The summed E-state index contributed by atoms with van der Waals surface area (Å²) < 4.78 is 5.01. The molecule has 2 aromatic heterocycles. The van der Waals surface area contributed by atoms with Gasteiger partial charge in [-0.1, -0.05) is 12.1 Å². The van der Waals surface area contributed by atoms with Crippen molar-refractivity contribution in [2.24, 2.45) is 0 Å². The van der Waals surface area contributed by atoms with Crippen molar-refractivity contribution in [1.29, 1.82) is 0 Å². The van der Waals surface area contributed by atoms with Crippen molar-refractivity contribution in [2.45, 2.75) is 0 Å². The molecule has 0 bridgehead atoms. The van der Waals surface area contributed by atoms with E-state index in [9.17, 15) is 0 Å². The lowest BCUT2D eigenvalue weighted by atomic mass is 10.3. The second kappa shape index (κ2) is 4.23. The maximum Gasteiger partial charge on any atom is 0.181 e. The van der Waals surface area contributed by atoms with E-state index in [4.69, 9.17) is 4.42 Å². The van der Waals surface area contributed by atoms with Gasteiger partial charge in [0.15, 0.2) is 12.0 Å². The number of aromatic nitrogens is 3. The summed E-state index contributed by atoms with van der Waals surface area (Å²) in [4.78, 5) is 3.95. The molecule has 70 valence electrons. The van der Waals surface area contributed by atoms with E-state index in [1.54, 1.807) is 12.4 Å². The van der Waals surface area contributed by atoms with Gasteiger partial charge in [0.25, 0.3) is 0 Å². The molecule has 0 radical (unpaired) electrons. The number of hydrogen-bond donors (Lipinski definition) is 1. The topological polar surface area (TPSA) is 54.7 Å². The normalized spacial score (nSPS) is 9.43. The van der Waals surface area contributed by atoms with Gasteiger partial charge >= 0.3 is 0 Å². The van der Waals surface area contributed by atoms with Gasteiger partial charge in [0.2, 0.25) is 0 Å². The van der Waals surface area contributed by atoms with Crippen LogP contribution in [-0.2, 0) is 0 Å². The fourth-order valence-electron chi connectivity index (χ4n) is 1.02. The van der Waals surface area contributed by atoms with Crippen molar-refractivity contribution in [3.8, 4) is 0 Å². The van der Waals surface area contributed by atoms with E-state index in [2.05, 4.69) is 15.2 Å². The summed E-state index contributed by atoms with van der Waals surface area (Å²) in [6, 6.07) is 9.50. The molecule has 0 atom stereocenters. The smallest absolute Gasteiger partial charge is 0.181 e. The van der Waals surface area contributed by atoms with E-state index in [0.29, 0.717) is 0 Å². The Balaban J connectivity index is 0.000000128. The molecule has 1 aromatic carbocycles. The van der Waals surface area contributed by atoms with Gasteiger partial charge in [-0.2, -0.15) is 5.10 Å².